The van der Waals surface area contributed by atoms with Crippen molar-refractivity contribution in [3.05, 3.63) is 49.1 Å². The van der Waals surface area contributed by atoms with E-state index in [-0.39, 0.29) is 0 Å². The summed E-state index contributed by atoms with van der Waals surface area (Å²) in [7, 11) is 0. The van der Waals surface area contributed by atoms with Crippen LogP contribution in [0.1, 0.15) is 58.3 Å². The minimum Gasteiger partial charge on any atom is -0.369 e. The van der Waals surface area contributed by atoms with E-state index < -0.39 is 0 Å². The molecule has 0 N–H and O–H groups in total. The number of hydrogen-bond donors (Lipinski definition) is 0. The molecule has 2 nitrogen and oxygen atoms in total. The van der Waals surface area contributed by atoms with Gasteiger partial charge in [0.25, 0.3) is 0 Å². The monoisotopic (exact) mass is 316 g/mol. The van der Waals surface area contributed by atoms with Crippen LogP contribution in [0.15, 0.2) is 49.1 Å². The summed E-state index contributed by atoms with van der Waals surface area (Å²) >= 11 is 0. The Kier molecular flexibility index (Phi) is 8.41. The van der Waals surface area contributed by atoms with E-state index in [0.29, 0.717) is 24.4 Å². The molecule has 0 aliphatic carbocycles. The molecule has 0 aromatic carbocycles. The van der Waals surface area contributed by atoms with Crippen LogP contribution in [-0.2, 0) is 9.47 Å². The Morgan fingerprint density at radius 3 is 1.96 bits per heavy atom. The van der Waals surface area contributed by atoms with Crippen LogP contribution in [0.2, 0.25) is 0 Å². The van der Waals surface area contributed by atoms with E-state index in [1.54, 1.807) is 0 Å². The smallest absolute Gasteiger partial charge is 0.0879 e. The van der Waals surface area contributed by atoms with Crippen molar-refractivity contribution in [1.29, 1.82) is 0 Å². The van der Waals surface area contributed by atoms with Gasteiger partial charge in [0, 0.05) is 0 Å². The average Bonchev–Trinajstić information content (AvgIpc) is 3.45. The zero-order valence-electron chi connectivity index (χ0n) is 14.5. The van der Waals surface area contributed by atoms with Crippen molar-refractivity contribution >= 4 is 0 Å². The summed E-state index contributed by atoms with van der Waals surface area (Å²) in [6, 6.07) is 0. The molecule has 2 heterocycles. The molecule has 2 saturated heterocycles. The van der Waals surface area contributed by atoms with Crippen molar-refractivity contribution in [3.8, 4) is 0 Å². The minimum atomic E-state index is 0.452. The molecule has 0 spiro atoms. The Labute approximate surface area is 141 Å². The van der Waals surface area contributed by atoms with E-state index in [1.165, 1.54) is 12.8 Å². The van der Waals surface area contributed by atoms with Gasteiger partial charge in [0.2, 0.25) is 0 Å². The number of ether oxygens (including phenoxy) is 2. The summed E-state index contributed by atoms with van der Waals surface area (Å²) in [4.78, 5) is 0. The highest BCUT2D eigenvalue weighted by atomic mass is 16.6. The molecule has 0 aromatic rings. The third-order valence-electron chi connectivity index (χ3n) is 4.39. The van der Waals surface area contributed by atoms with Crippen LogP contribution < -0.4 is 0 Å². The second-order valence-electron chi connectivity index (χ2n) is 6.41. The summed E-state index contributed by atoms with van der Waals surface area (Å²) in [6.45, 7) is 5.91. The van der Waals surface area contributed by atoms with Crippen molar-refractivity contribution in [2.45, 2.75) is 82.7 Å². The van der Waals surface area contributed by atoms with Gasteiger partial charge in [-0.15, -0.1) is 6.58 Å². The van der Waals surface area contributed by atoms with E-state index in [9.17, 15) is 0 Å². The Balaban J connectivity index is 1.42. The number of rotatable bonds is 13. The standard InChI is InChI=1S/C21H32O2/c1-3-5-10-14-18-20(22-18)16-12-8-7-9-13-17-21-19(23-21)15-11-6-4-2/h3,6,8-9,11-13,18-21H,1,4-5,7,10,14-17H2,2H3. The second kappa shape index (κ2) is 10.6. The van der Waals surface area contributed by atoms with Crippen LogP contribution in [0.25, 0.3) is 0 Å². The Morgan fingerprint density at radius 1 is 0.783 bits per heavy atom. The van der Waals surface area contributed by atoms with Crippen molar-refractivity contribution in [2.24, 2.45) is 0 Å². The number of hydrogen-bond acceptors (Lipinski definition) is 2. The molecule has 0 saturated carbocycles. The fourth-order valence-corrected chi connectivity index (χ4v) is 2.83. The lowest BCUT2D eigenvalue weighted by atomic mass is 10.1. The fraction of sp³-hybridized carbons (Fsp3) is 0.619. The summed E-state index contributed by atoms with van der Waals surface area (Å²) in [5.74, 6) is 0. The molecule has 2 fully saturated rings. The van der Waals surface area contributed by atoms with Crippen molar-refractivity contribution < 1.29 is 9.47 Å². The maximum Gasteiger partial charge on any atom is 0.0879 e. The lowest BCUT2D eigenvalue weighted by Crippen LogP contribution is -1.92. The van der Waals surface area contributed by atoms with Gasteiger partial charge in [0.15, 0.2) is 0 Å². The maximum atomic E-state index is 5.66. The number of unbranched alkanes of at least 4 members (excludes halogenated alkanes) is 1. The molecule has 2 rings (SSSR count). The lowest BCUT2D eigenvalue weighted by molar-refractivity contribution is 0.361. The van der Waals surface area contributed by atoms with E-state index in [0.717, 1.165) is 38.5 Å². The molecule has 2 aliphatic rings. The predicted molar refractivity (Wildman–Crippen MR) is 97.5 cm³/mol. The second-order valence-corrected chi connectivity index (χ2v) is 6.41. The first-order valence-electron chi connectivity index (χ1n) is 9.22. The average molecular weight is 316 g/mol. The Morgan fingerprint density at radius 2 is 1.35 bits per heavy atom. The zero-order chi connectivity index (χ0) is 16.3. The Hall–Kier alpha value is -1.12. The first kappa shape index (κ1) is 18.2. The zero-order valence-corrected chi connectivity index (χ0v) is 14.5. The summed E-state index contributed by atoms with van der Waals surface area (Å²) in [5, 5.41) is 0. The van der Waals surface area contributed by atoms with Crippen LogP contribution in [0.4, 0.5) is 0 Å². The molecule has 4 atom stereocenters. The quantitative estimate of drug-likeness (QED) is 0.254. The topological polar surface area (TPSA) is 25.1 Å². The van der Waals surface area contributed by atoms with E-state index in [1.807, 2.05) is 6.08 Å². The molecular formula is C21H32O2. The highest BCUT2D eigenvalue weighted by Crippen LogP contribution is 2.30. The molecule has 128 valence electrons. The molecule has 0 radical (unpaired) electrons. The molecule has 2 heteroatoms. The van der Waals surface area contributed by atoms with E-state index in [4.69, 9.17) is 9.47 Å². The molecule has 2 aliphatic heterocycles. The van der Waals surface area contributed by atoms with Crippen molar-refractivity contribution in [1.82, 2.24) is 0 Å². The fourth-order valence-electron chi connectivity index (χ4n) is 2.83. The third kappa shape index (κ3) is 7.81. The summed E-state index contributed by atoms with van der Waals surface area (Å²) in [6.07, 6.45) is 26.1. The molecule has 0 aromatic heterocycles. The van der Waals surface area contributed by atoms with Gasteiger partial charge in [-0.25, -0.2) is 0 Å². The lowest BCUT2D eigenvalue weighted by Gasteiger charge is -1.91. The first-order chi connectivity index (χ1) is 11.3. The van der Waals surface area contributed by atoms with Crippen LogP contribution in [0, 0.1) is 0 Å². The highest BCUT2D eigenvalue weighted by molar-refractivity contribution is 5.01. The van der Waals surface area contributed by atoms with Gasteiger partial charge in [-0.2, -0.15) is 0 Å². The summed E-state index contributed by atoms with van der Waals surface area (Å²) < 4.78 is 11.3. The van der Waals surface area contributed by atoms with Crippen LogP contribution in [0.3, 0.4) is 0 Å². The Bertz CT molecular complexity index is 422. The van der Waals surface area contributed by atoms with Gasteiger partial charge in [-0.1, -0.05) is 49.5 Å². The minimum absolute atomic E-state index is 0.452. The first-order valence-corrected chi connectivity index (χ1v) is 9.22. The molecule has 0 amide bonds. The third-order valence-corrected chi connectivity index (χ3v) is 4.39. The van der Waals surface area contributed by atoms with E-state index >= 15 is 0 Å². The molecule has 23 heavy (non-hydrogen) atoms. The predicted octanol–water partition coefficient (Wildman–Crippen LogP) is 5.52. The largest absolute Gasteiger partial charge is 0.369 e. The molecular weight excluding hydrogens is 284 g/mol. The molecule has 4 unspecified atom stereocenters. The van der Waals surface area contributed by atoms with Gasteiger partial charge >= 0.3 is 0 Å². The number of allylic oxidation sites excluding steroid dienone is 4. The van der Waals surface area contributed by atoms with Gasteiger partial charge in [0.1, 0.15) is 0 Å². The maximum absolute atomic E-state index is 5.66. The molecule has 0 bridgehead atoms. The van der Waals surface area contributed by atoms with Crippen LogP contribution >= 0.6 is 0 Å². The number of epoxide rings is 2. The van der Waals surface area contributed by atoms with Gasteiger partial charge < -0.3 is 9.47 Å². The highest BCUT2D eigenvalue weighted by Gasteiger charge is 2.36. The van der Waals surface area contributed by atoms with Crippen LogP contribution in [-0.4, -0.2) is 24.4 Å². The SMILES string of the molecule is C=CCCCC1OC1CC=CCC=CCC1OC1CC=CCC. The van der Waals surface area contributed by atoms with Gasteiger partial charge in [-0.3, -0.25) is 0 Å². The van der Waals surface area contributed by atoms with Crippen molar-refractivity contribution in [3.63, 3.8) is 0 Å². The normalized spacial score (nSPS) is 29.8. The van der Waals surface area contributed by atoms with Crippen molar-refractivity contribution in [2.75, 3.05) is 0 Å². The van der Waals surface area contributed by atoms with Gasteiger partial charge in [0.05, 0.1) is 24.4 Å². The van der Waals surface area contributed by atoms with Crippen LogP contribution in [0.5, 0.6) is 0 Å². The van der Waals surface area contributed by atoms with Gasteiger partial charge in [-0.05, 0) is 51.4 Å². The summed E-state index contributed by atoms with van der Waals surface area (Å²) in [5.41, 5.74) is 0. The van der Waals surface area contributed by atoms with E-state index in [2.05, 4.69) is 50.0 Å².